The van der Waals surface area contributed by atoms with Crippen LogP contribution in [0.25, 0.3) is 0 Å². The molecule has 1 atom stereocenters. The number of fused-ring (bicyclic) bond motifs is 1. The van der Waals surface area contributed by atoms with Crippen molar-refractivity contribution in [2.75, 3.05) is 13.1 Å². The van der Waals surface area contributed by atoms with Gasteiger partial charge >= 0.3 is 0 Å². The van der Waals surface area contributed by atoms with Crippen LogP contribution >= 0.6 is 23.7 Å². The average molecular weight is 374 g/mol. The summed E-state index contributed by atoms with van der Waals surface area (Å²) in [7, 11) is 0. The number of amides is 2. The van der Waals surface area contributed by atoms with Gasteiger partial charge in [0.05, 0.1) is 0 Å². The number of halogens is 1. The van der Waals surface area contributed by atoms with Gasteiger partial charge < -0.3 is 16.0 Å². The van der Waals surface area contributed by atoms with E-state index in [9.17, 15) is 9.59 Å². The third-order valence-electron chi connectivity index (χ3n) is 4.13. The Balaban J connectivity index is 0.00000288. The van der Waals surface area contributed by atoms with Crippen molar-refractivity contribution < 1.29 is 9.59 Å². The van der Waals surface area contributed by atoms with Gasteiger partial charge in [0.1, 0.15) is 0 Å². The molecule has 0 saturated carbocycles. The Hall–Kier alpha value is -1.11. The second-order valence-electron chi connectivity index (χ2n) is 6.56. The summed E-state index contributed by atoms with van der Waals surface area (Å²) >= 11 is 1.76. The molecule has 1 aromatic rings. The zero-order valence-electron chi connectivity index (χ0n) is 14.4. The molecule has 0 spiro atoms. The number of nitrogens with zero attached hydrogens (tertiary/aromatic N) is 1. The van der Waals surface area contributed by atoms with E-state index in [1.54, 1.807) is 11.3 Å². The molecule has 0 saturated heterocycles. The van der Waals surface area contributed by atoms with E-state index >= 15 is 0 Å². The molecule has 0 radical (unpaired) electrons. The third-order valence-corrected chi connectivity index (χ3v) is 5.15. The average Bonchev–Trinajstić information content (AvgIpc) is 2.98. The van der Waals surface area contributed by atoms with Crippen molar-refractivity contribution in [1.82, 2.24) is 10.2 Å². The quantitative estimate of drug-likeness (QED) is 0.770. The molecule has 0 aliphatic carbocycles. The smallest absolute Gasteiger partial charge is 0.223 e. The molecule has 1 aliphatic heterocycles. The lowest BCUT2D eigenvalue weighted by Crippen LogP contribution is -2.41. The molecule has 0 aromatic carbocycles. The minimum Gasteiger partial charge on any atom is -0.352 e. The predicted octanol–water partition coefficient (Wildman–Crippen LogP) is 2.32. The second-order valence-corrected chi connectivity index (χ2v) is 7.56. The fraction of sp³-hybridized carbons (Fsp3) is 0.647. The maximum Gasteiger partial charge on any atom is 0.223 e. The van der Waals surface area contributed by atoms with Gasteiger partial charge in [0, 0.05) is 43.4 Å². The first-order valence-corrected chi connectivity index (χ1v) is 9.20. The lowest BCUT2D eigenvalue weighted by molar-refractivity contribution is -0.134. The minimum atomic E-state index is -0.0809. The van der Waals surface area contributed by atoms with Gasteiger partial charge in [0.15, 0.2) is 0 Å². The first kappa shape index (κ1) is 20.9. The molecule has 2 amide bonds. The first-order valence-electron chi connectivity index (χ1n) is 8.32. The van der Waals surface area contributed by atoms with Crippen LogP contribution in [-0.4, -0.2) is 35.8 Å². The van der Waals surface area contributed by atoms with Crippen molar-refractivity contribution in [2.45, 2.75) is 52.1 Å². The number of carbonyl (C=O) groups excluding carboxylic acids is 2. The van der Waals surface area contributed by atoms with Crippen LogP contribution in [0.5, 0.6) is 0 Å². The SMILES string of the molecule is CC(C)CC(CN)NC(=O)CCC(=O)N1CCc2sccc2C1.Cl. The fourth-order valence-electron chi connectivity index (χ4n) is 2.92. The summed E-state index contributed by atoms with van der Waals surface area (Å²) in [6.07, 6.45) is 2.29. The second kappa shape index (κ2) is 10.0. The predicted molar refractivity (Wildman–Crippen MR) is 100 cm³/mol. The molecule has 0 bridgehead atoms. The van der Waals surface area contributed by atoms with Crippen LogP contribution in [0.1, 0.15) is 43.6 Å². The van der Waals surface area contributed by atoms with Gasteiger partial charge in [-0.1, -0.05) is 13.8 Å². The van der Waals surface area contributed by atoms with Gasteiger partial charge in [-0.05, 0) is 35.8 Å². The van der Waals surface area contributed by atoms with E-state index in [0.29, 0.717) is 19.0 Å². The number of carbonyl (C=O) groups is 2. The van der Waals surface area contributed by atoms with Crippen molar-refractivity contribution in [3.05, 3.63) is 21.9 Å². The molecule has 24 heavy (non-hydrogen) atoms. The summed E-state index contributed by atoms with van der Waals surface area (Å²) in [5.41, 5.74) is 6.94. The van der Waals surface area contributed by atoms with E-state index in [0.717, 1.165) is 19.4 Å². The largest absolute Gasteiger partial charge is 0.352 e. The van der Waals surface area contributed by atoms with Gasteiger partial charge in [0.25, 0.3) is 0 Å². The van der Waals surface area contributed by atoms with Crippen molar-refractivity contribution in [2.24, 2.45) is 11.7 Å². The summed E-state index contributed by atoms with van der Waals surface area (Å²) < 4.78 is 0. The van der Waals surface area contributed by atoms with Crippen LogP contribution in [0.15, 0.2) is 11.4 Å². The Morgan fingerprint density at radius 2 is 2.12 bits per heavy atom. The molecule has 2 rings (SSSR count). The number of thiophene rings is 1. The molecule has 1 aliphatic rings. The van der Waals surface area contributed by atoms with Gasteiger partial charge in [0.2, 0.25) is 11.8 Å². The lowest BCUT2D eigenvalue weighted by atomic mass is 10.0. The lowest BCUT2D eigenvalue weighted by Gasteiger charge is -2.27. The summed E-state index contributed by atoms with van der Waals surface area (Å²) in [4.78, 5) is 27.5. The molecule has 1 unspecified atom stereocenters. The van der Waals surface area contributed by atoms with Gasteiger partial charge in [-0.2, -0.15) is 0 Å². The highest BCUT2D eigenvalue weighted by Crippen LogP contribution is 2.24. The Morgan fingerprint density at radius 1 is 1.38 bits per heavy atom. The van der Waals surface area contributed by atoms with E-state index in [-0.39, 0.29) is 43.1 Å². The highest BCUT2D eigenvalue weighted by Gasteiger charge is 2.22. The molecule has 1 aromatic heterocycles. The maximum atomic E-state index is 12.3. The molecule has 3 N–H and O–H groups in total. The number of nitrogens with two attached hydrogens (primary N) is 1. The minimum absolute atomic E-state index is 0. The Bertz CT molecular complexity index is 548. The maximum absolute atomic E-state index is 12.3. The highest BCUT2D eigenvalue weighted by atomic mass is 35.5. The summed E-state index contributed by atoms with van der Waals surface area (Å²) in [6.45, 7) is 6.08. The van der Waals surface area contributed by atoms with Crippen LogP contribution in [0.2, 0.25) is 0 Å². The summed E-state index contributed by atoms with van der Waals surface area (Å²) in [5.74, 6) is 0.464. The molecular formula is C17H28ClN3O2S. The van der Waals surface area contributed by atoms with Gasteiger partial charge in [-0.15, -0.1) is 23.7 Å². The van der Waals surface area contributed by atoms with Crippen LogP contribution in [0, 0.1) is 5.92 Å². The van der Waals surface area contributed by atoms with Gasteiger partial charge in [-0.3, -0.25) is 9.59 Å². The molecule has 7 heteroatoms. The Kier molecular flexibility index (Phi) is 8.73. The van der Waals surface area contributed by atoms with Crippen LogP contribution < -0.4 is 11.1 Å². The van der Waals surface area contributed by atoms with Crippen LogP contribution in [0.4, 0.5) is 0 Å². The van der Waals surface area contributed by atoms with Crippen LogP contribution in [-0.2, 0) is 22.6 Å². The third kappa shape index (κ3) is 6.07. The van der Waals surface area contributed by atoms with Crippen LogP contribution in [0.3, 0.4) is 0 Å². The monoisotopic (exact) mass is 373 g/mol. The van der Waals surface area contributed by atoms with Crippen molar-refractivity contribution in [1.29, 1.82) is 0 Å². The molecule has 5 nitrogen and oxygen atoms in total. The molecular weight excluding hydrogens is 346 g/mol. The zero-order valence-corrected chi connectivity index (χ0v) is 16.0. The first-order chi connectivity index (χ1) is 11.0. The van der Waals surface area contributed by atoms with Gasteiger partial charge in [-0.25, -0.2) is 0 Å². The summed E-state index contributed by atoms with van der Waals surface area (Å²) in [5, 5.41) is 5.01. The molecule has 136 valence electrons. The summed E-state index contributed by atoms with van der Waals surface area (Å²) in [6, 6.07) is 2.09. The topological polar surface area (TPSA) is 75.4 Å². The van der Waals surface area contributed by atoms with Crippen molar-refractivity contribution in [3.8, 4) is 0 Å². The van der Waals surface area contributed by atoms with E-state index < -0.39 is 0 Å². The van der Waals surface area contributed by atoms with E-state index in [4.69, 9.17) is 5.73 Å². The molecule has 0 fully saturated rings. The Morgan fingerprint density at radius 3 is 2.79 bits per heavy atom. The number of nitrogens with one attached hydrogen (secondary N) is 1. The Labute approximate surface area is 154 Å². The fourth-order valence-corrected chi connectivity index (χ4v) is 3.81. The number of rotatable bonds is 7. The zero-order chi connectivity index (χ0) is 16.8. The standard InChI is InChI=1S/C17H27N3O2S.ClH/c1-12(2)9-14(10-18)19-16(21)3-4-17(22)20-7-5-15-13(11-20)6-8-23-15;/h6,8,12,14H,3-5,7,9-11,18H2,1-2H3,(H,19,21);1H. The van der Waals surface area contributed by atoms with Crippen molar-refractivity contribution >= 4 is 35.6 Å². The highest BCUT2D eigenvalue weighted by molar-refractivity contribution is 7.10. The van der Waals surface area contributed by atoms with Crippen molar-refractivity contribution in [3.63, 3.8) is 0 Å². The normalized spacial score (nSPS) is 14.8. The molecule has 2 heterocycles. The van der Waals surface area contributed by atoms with E-state index in [1.165, 1.54) is 10.4 Å². The van der Waals surface area contributed by atoms with E-state index in [1.807, 2.05) is 4.90 Å². The number of hydrogen-bond donors (Lipinski definition) is 2. The van der Waals surface area contributed by atoms with E-state index in [2.05, 4.69) is 30.6 Å². The number of hydrogen-bond acceptors (Lipinski definition) is 4.